The van der Waals surface area contributed by atoms with Crippen LogP contribution < -0.4 is 5.32 Å². The molecule has 0 bridgehead atoms. The van der Waals surface area contributed by atoms with Gasteiger partial charge in [-0.3, -0.25) is 4.79 Å². The summed E-state index contributed by atoms with van der Waals surface area (Å²) in [6.07, 6.45) is 2.44. The zero-order valence-electron chi connectivity index (χ0n) is 11.2. The fraction of sp³-hybridized carbons (Fsp3) is 0.909. The van der Waals surface area contributed by atoms with Gasteiger partial charge in [0.15, 0.2) is 0 Å². The Kier molecular flexibility index (Phi) is 7.38. The SMILES string of the molecule is CCCN(CCNC(=O)CC(C)C)S(C)(=O)=O. The fourth-order valence-corrected chi connectivity index (χ4v) is 2.39. The molecule has 0 aliphatic heterocycles. The van der Waals surface area contributed by atoms with E-state index in [4.69, 9.17) is 0 Å². The lowest BCUT2D eigenvalue weighted by atomic mass is 10.1. The van der Waals surface area contributed by atoms with Crippen LogP contribution in [-0.4, -0.2) is 44.5 Å². The van der Waals surface area contributed by atoms with Crippen LogP contribution in [0, 0.1) is 5.92 Å². The molecule has 0 aromatic heterocycles. The fourth-order valence-electron chi connectivity index (χ4n) is 1.46. The predicted molar refractivity (Wildman–Crippen MR) is 69.2 cm³/mol. The number of hydrogen-bond acceptors (Lipinski definition) is 3. The van der Waals surface area contributed by atoms with Gasteiger partial charge in [0.2, 0.25) is 15.9 Å². The molecule has 0 saturated carbocycles. The number of carbonyl (C=O) groups excluding carboxylic acids is 1. The molecule has 0 rings (SSSR count). The quantitative estimate of drug-likeness (QED) is 0.706. The molecule has 0 spiro atoms. The summed E-state index contributed by atoms with van der Waals surface area (Å²) in [5.41, 5.74) is 0. The second-order valence-corrected chi connectivity index (χ2v) is 6.59. The van der Waals surface area contributed by atoms with Crippen LogP contribution in [0.4, 0.5) is 0 Å². The van der Waals surface area contributed by atoms with Gasteiger partial charge in [0.25, 0.3) is 0 Å². The van der Waals surface area contributed by atoms with Gasteiger partial charge < -0.3 is 5.32 Å². The lowest BCUT2D eigenvalue weighted by Crippen LogP contribution is -2.38. The zero-order valence-corrected chi connectivity index (χ0v) is 12.0. The van der Waals surface area contributed by atoms with Gasteiger partial charge in [-0.2, -0.15) is 0 Å². The van der Waals surface area contributed by atoms with Crippen LogP contribution in [0.3, 0.4) is 0 Å². The number of nitrogens with one attached hydrogen (secondary N) is 1. The molecule has 0 atom stereocenters. The molecule has 0 aliphatic carbocycles. The van der Waals surface area contributed by atoms with Crippen molar-refractivity contribution in [1.82, 2.24) is 9.62 Å². The van der Waals surface area contributed by atoms with E-state index in [9.17, 15) is 13.2 Å². The van der Waals surface area contributed by atoms with Crippen molar-refractivity contribution in [3.8, 4) is 0 Å². The first-order valence-electron chi connectivity index (χ1n) is 5.99. The second-order valence-electron chi connectivity index (χ2n) is 4.61. The molecule has 0 radical (unpaired) electrons. The first-order valence-corrected chi connectivity index (χ1v) is 7.84. The number of rotatable bonds is 8. The number of nitrogens with zero attached hydrogens (tertiary/aromatic N) is 1. The van der Waals surface area contributed by atoms with Crippen LogP contribution >= 0.6 is 0 Å². The van der Waals surface area contributed by atoms with Crippen molar-refractivity contribution in [3.05, 3.63) is 0 Å². The average molecular weight is 264 g/mol. The Hall–Kier alpha value is -0.620. The third-order valence-corrected chi connectivity index (χ3v) is 3.52. The molecule has 17 heavy (non-hydrogen) atoms. The van der Waals surface area contributed by atoms with Gasteiger partial charge in [0.1, 0.15) is 0 Å². The molecule has 5 nitrogen and oxygen atoms in total. The molecule has 0 aromatic rings. The maximum atomic E-state index is 11.4. The van der Waals surface area contributed by atoms with Gasteiger partial charge in [0, 0.05) is 26.1 Å². The third kappa shape index (κ3) is 8.15. The Morgan fingerprint density at radius 1 is 1.29 bits per heavy atom. The van der Waals surface area contributed by atoms with E-state index >= 15 is 0 Å². The van der Waals surface area contributed by atoms with Crippen molar-refractivity contribution in [2.75, 3.05) is 25.9 Å². The van der Waals surface area contributed by atoms with Crippen molar-refractivity contribution < 1.29 is 13.2 Å². The average Bonchev–Trinajstić information content (AvgIpc) is 2.13. The van der Waals surface area contributed by atoms with Crippen LogP contribution in [0.1, 0.15) is 33.6 Å². The molecule has 0 unspecified atom stereocenters. The van der Waals surface area contributed by atoms with Gasteiger partial charge >= 0.3 is 0 Å². The zero-order chi connectivity index (χ0) is 13.5. The maximum absolute atomic E-state index is 11.4. The normalized spacial score (nSPS) is 12.1. The highest BCUT2D eigenvalue weighted by Gasteiger charge is 2.15. The smallest absolute Gasteiger partial charge is 0.220 e. The van der Waals surface area contributed by atoms with Crippen molar-refractivity contribution in [1.29, 1.82) is 0 Å². The van der Waals surface area contributed by atoms with Crippen LogP contribution in [-0.2, 0) is 14.8 Å². The molecule has 0 fully saturated rings. The topological polar surface area (TPSA) is 66.5 Å². The van der Waals surface area contributed by atoms with Crippen LogP contribution in [0.25, 0.3) is 0 Å². The number of hydrogen-bond donors (Lipinski definition) is 1. The van der Waals surface area contributed by atoms with Gasteiger partial charge in [-0.1, -0.05) is 20.8 Å². The first-order chi connectivity index (χ1) is 7.77. The summed E-state index contributed by atoms with van der Waals surface area (Å²) >= 11 is 0. The summed E-state index contributed by atoms with van der Waals surface area (Å²) in [5.74, 6) is 0.293. The minimum atomic E-state index is -3.17. The van der Waals surface area contributed by atoms with E-state index in [1.165, 1.54) is 10.6 Å². The molecule has 1 N–H and O–H groups in total. The molecular weight excluding hydrogens is 240 g/mol. The molecule has 6 heteroatoms. The Bertz CT molecular complexity index is 326. The Labute approximate surface area is 105 Å². The molecule has 0 heterocycles. The van der Waals surface area contributed by atoms with Crippen LogP contribution in [0.15, 0.2) is 0 Å². The highest BCUT2D eigenvalue weighted by molar-refractivity contribution is 7.88. The highest BCUT2D eigenvalue weighted by atomic mass is 32.2. The summed E-state index contributed by atoms with van der Waals surface area (Å²) in [7, 11) is -3.17. The first kappa shape index (κ1) is 16.4. The molecular formula is C11H24N2O3S. The Balaban J connectivity index is 4.03. The molecule has 0 saturated heterocycles. The summed E-state index contributed by atoms with van der Waals surface area (Å²) < 4.78 is 24.2. The standard InChI is InChI=1S/C11H24N2O3S/c1-5-7-13(17(4,15)16)8-6-12-11(14)9-10(2)3/h10H,5-9H2,1-4H3,(H,12,14). The van der Waals surface area contributed by atoms with E-state index in [0.717, 1.165) is 6.42 Å². The van der Waals surface area contributed by atoms with Crippen molar-refractivity contribution in [2.45, 2.75) is 33.6 Å². The van der Waals surface area contributed by atoms with Crippen molar-refractivity contribution in [2.24, 2.45) is 5.92 Å². The summed E-state index contributed by atoms with van der Waals surface area (Å²) in [6.45, 7) is 7.09. The van der Waals surface area contributed by atoms with Crippen LogP contribution in [0.5, 0.6) is 0 Å². The monoisotopic (exact) mass is 264 g/mol. The van der Waals surface area contributed by atoms with E-state index in [0.29, 0.717) is 32.0 Å². The summed E-state index contributed by atoms with van der Waals surface area (Å²) in [6, 6.07) is 0. The molecule has 0 aromatic carbocycles. The Morgan fingerprint density at radius 2 is 1.88 bits per heavy atom. The predicted octanol–water partition coefficient (Wildman–Crippen LogP) is 0.820. The largest absolute Gasteiger partial charge is 0.355 e. The third-order valence-electron chi connectivity index (χ3n) is 2.22. The van der Waals surface area contributed by atoms with Crippen molar-refractivity contribution >= 4 is 15.9 Å². The second kappa shape index (κ2) is 7.66. The van der Waals surface area contributed by atoms with E-state index in [-0.39, 0.29) is 5.91 Å². The molecule has 102 valence electrons. The van der Waals surface area contributed by atoms with Crippen LogP contribution in [0.2, 0.25) is 0 Å². The number of carbonyl (C=O) groups is 1. The minimum absolute atomic E-state index is 0.0232. The molecule has 1 amide bonds. The van der Waals surface area contributed by atoms with Gasteiger partial charge in [0.05, 0.1) is 6.26 Å². The summed E-state index contributed by atoms with van der Waals surface area (Å²) in [4.78, 5) is 11.4. The number of sulfonamides is 1. The Morgan fingerprint density at radius 3 is 2.29 bits per heavy atom. The van der Waals surface area contributed by atoms with Gasteiger partial charge in [-0.15, -0.1) is 0 Å². The van der Waals surface area contributed by atoms with E-state index in [1.807, 2.05) is 20.8 Å². The lowest BCUT2D eigenvalue weighted by molar-refractivity contribution is -0.121. The van der Waals surface area contributed by atoms with Gasteiger partial charge in [-0.25, -0.2) is 12.7 Å². The molecule has 0 aliphatic rings. The lowest BCUT2D eigenvalue weighted by Gasteiger charge is -2.19. The van der Waals surface area contributed by atoms with E-state index in [1.54, 1.807) is 0 Å². The van der Waals surface area contributed by atoms with Crippen molar-refractivity contribution in [3.63, 3.8) is 0 Å². The minimum Gasteiger partial charge on any atom is -0.355 e. The maximum Gasteiger partial charge on any atom is 0.220 e. The summed E-state index contributed by atoms with van der Waals surface area (Å²) in [5, 5.41) is 2.73. The number of amides is 1. The van der Waals surface area contributed by atoms with Gasteiger partial charge in [-0.05, 0) is 12.3 Å². The van der Waals surface area contributed by atoms with E-state index < -0.39 is 10.0 Å². The van der Waals surface area contributed by atoms with E-state index in [2.05, 4.69) is 5.32 Å². The highest BCUT2D eigenvalue weighted by Crippen LogP contribution is 2.00.